The summed E-state index contributed by atoms with van der Waals surface area (Å²) in [6.45, 7) is 3.80. The molecular weight excluding hydrogens is 254 g/mol. The molecule has 0 bridgehead atoms. The Morgan fingerprint density at radius 2 is 2.17 bits per heavy atom. The van der Waals surface area contributed by atoms with E-state index in [2.05, 4.69) is 16.4 Å². The number of hydrogen-bond donors (Lipinski definition) is 0. The van der Waals surface area contributed by atoms with Crippen LogP contribution in [0, 0.1) is 11.3 Å². The Morgan fingerprint density at radius 3 is 2.72 bits per heavy atom. The minimum Gasteiger partial charge on any atom is -0.489 e. The van der Waals surface area contributed by atoms with Gasteiger partial charge < -0.3 is 9.26 Å². The van der Waals surface area contributed by atoms with Crippen molar-refractivity contribution in [3.8, 4) is 23.1 Å². The summed E-state index contributed by atoms with van der Waals surface area (Å²) in [7, 11) is 0. The molecule has 6 heteroatoms. The van der Waals surface area contributed by atoms with Gasteiger partial charge in [0.2, 0.25) is 0 Å². The second kappa shape index (κ2) is 6.03. The molecule has 0 aliphatic heterocycles. The summed E-state index contributed by atoms with van der Waals surface area (Å²) in [5.74, 6) is 0.987. The molecule has 0 atom stereocenters. The van der Waals surface area contributed by atoms with Crippen LogP contribution < -0.4 is 4.74 Å². The van der Waals surface area contributed by atoms with E-state index in [0.29, 0.717) is 22.6 Å². The van der Waals surface area contributed by atoms with Crippen LogP contribution in [0.15, 0.2) is 28.9 Å². The van der Waals surface area contributed by atoms with Gasteiger partial charge in [0.15, 0.2) is 5.76 Å². The highest BCUT2D eigenvalue weighted by atomic mass is 35.5. The van der Waals surface area contributed by atoms with Gasteiger partial charge in [0.05, 0.1) is 23.4 Å². The maximum absolute atomic E-state index is 9.06. The predicted octanol–water partition coefficient (Wildman–Crippen LogP) is 2.82. The first-order chi connectivity index (χ1) is 8.22. The number of halogens is 1. The lowest BCUT2D eigenvalue weighted by Gasteiger charge is -2.13. The number of aromatic nitrogens is 2. The van der Waals surface area contributed by atoms with Gasteiger partial charge in [0, 0.05) is 5.27 Å². The van der Waals surface area contributed by atoms with Crippen LogP contribution in [0.25, 0.3) is 11.3 Å². The van der Waals surface area contributed by atoms with Gasteiger partial charge in [-0.05, 0) is 26.0 Å². The maximum Gasteiger partial charge on any atom is 0.191 e. The molecule has 0 aliphatic rings. The number of para-hydroxylation sites is 1. The fourth-order valence-corrected chi connectivity index (χ4v) is 1.47. The van der Waals surface area contributed by atoms with Crippen LogP contribution in [-0.4, -0.2) is 16.5 Å². The third-order valence-electron chi connectivity index (χ3n) is 2.12. The van der Waals surface area contributed by atoms with Crippen LogP contribution in [0.3, 0.4) is 0 Å². The van der Waals surface area contributed by atoms with Crippen molar-refractivity contribution in [2.75, 3.05) is 0 Å². The highest BCUT2D eigenvalue weighted by Crippen LogP contribution is 2.33. The molecule has 0 saturated carbocycles. The van der Waals surface area contributed by atoms with Gasteiger partial charge in [-0.25, -0.2) is 0 Å². The van der Waals surface area contributed by atoms with Gasteiger partial charge in [0.25, 0.3) is 0 Å². The van der Waals surface area contributed by atoms with Crippen molar-refractivity contribution >= 4 is 12.4 Å². The lowest BCUT2D eigenvalue weighted by atomic mass is 10.1. The number of nitrogens with zero attached hydrogens (tertiary/aromatic N) is 3. The zero-order valence-corrected chi connectivity index (χ0v) is 10.8. The van der Waals surface area contributed by atoms with Crippen molar-refractivity contribution in [1.82, 2.24) is 10.4 Å². The molecule has 2 rings (SSSR count). The Balaban J connectivity index is 0.00000162. The number of nitriles is 1. The summed E-state index contributed by atoms with van der Waals surface area (Å²) in [5, 5.41) is 16.1. The molecule has 0 amide bonds. The number of ether oxygens (including phenoxy) is 1. The molecule has 1 aromatic carbocycles. The summed E-state index contributed by atoms with van der Waals surface area (Å²) in [6.07, 6.45) is 1.46. The van der Waals surface area contributed by atoms with E-state index in [-0.39, 0.29) is 18.5 Å². The SMILES string of the molecule is CC(C)Oc1c(C#N)cccc1-c1cnno1.Cl. The van der Waals surface area contributed by atoms with Crippen LogP contribution in [0.5, 0.6) is 5.75 Å². The van der Waals surface area contributed by atoms with Crippen molar-refractivity contribution in [1.29, 1.82) is 5.26 Å². The summed E-state index contributed by atoms with van der Waals surface area (Å²) >= 11 is 0. The van der Waals surface area contributed by atoms with E-state index in [9.17, 15) is 0 Å². The van der Waals surface area contributed by atoms with E-state index in [4.69, 9.17) is 14.5 Å². The summed E-state index contributed by atoms with van der Waals surface area (Å²) in [6, 6.07) is 7.37. The third kappa shape index (κ3) is 2.79. The standard InChI is InChI=1S/C12H11N3O2.ClH/c1-8(2)16-12-9(6-13)4-3-5-10(12)11-7-14-15-17-11;/h3-5,7-8H,1-2H3;1H. The summed E-state index contributed by atoms with van der Waals surface area (Å²) < 4.78 is 10.6. The first-order valence-corrected chi connectivity index (χ1v) is 5.20. The lowest BCUT2D eigenvalue weighted by Crippen LogP contribution is -2.07. The molecule has 1 aromatic heterocycles. The maximum atomic E-state index is 9.06. The average molecular weight is 266 g/mol. The molecule has 94 valence electrons. The molecule has 0 unspecified atom stereocenters. The van der Waals surface area contributed by atoms with Gasteiger partial charge >= 0.3 is 0 Å². The molecule has 2 aromatic rings. The van der Waals surface area contributed by atoms with Crippen LogP contribution in [0.4, 0.5) is 0 Å². The van der Waals surface area contributed by atoms with Gasteiger partial charge in [-0.1, -0.05) is 6.07 Å². The minimum atomic E-state index is -0.0286. The fourth-order valence-electron chi connectivity index (χ4n) is 1.47. The summed E-state index contributed by atoms with van der Waals surface area (Å²) in [4.78, 5) is 0. The number of rotatable bonds is 3. The van der Waals surface area contributed by atoms with Crippen LogP contribution >= 0.6 is 12.4 Å². The van der Waals surface area contributed by atoms with Gasteiger partial charge in [-0.15, -0.1) is 17.5 Å². The number of hydrogen-bond acceptors (Lipinski definition) is 5. The number of benzene rings is 1. The largest absolute Gasteiger partial charge is 0.489 e. The van der Waals surface area contributed by atoms with Gasteiger partial charge in [-0.2, -0.15) is 5.26 Å². The van der Waals surface area contributed by atoms with E-state index in [1.54, 1.807) is 18.2 Å². The first kappa shape index (κ1) is 14.0. The van der Waals surface area contributed by atoms with Crippen molar-refractivity contribution in [3.63, 3.8) is 0 Å². The lowest BCUT2D eigenvalue weighted by molar-refractivity contribution is 0.242. The van der Waals surface area contributed by atoms with Crippen LogP contribution in [-0.2, 0) is 0 Å². The van der Waals surface area contributed by atoms with Crippen molar-refractivity contribution in [3.05, 3.63) is 30.0 Å². The molecular formula is C12H12ClN3O2. The van der Waals surface area contributed by atoms with Gasteiger partial charge in [-0.3, -0.25) is 0 Å². The predicted molar refractivity (Wildman–Crippen MR) is 67.5 cm³/mol. The minimum absolute atomic E-state index is 0. The Bertz CT molecular complexity index is 547. The average Bonchev–Trinajstić information content (AvgIpc) is 2.82. The van der Waals surface area contributed by atoms with Crippen LogP contribution in [0.1, 0.15) is 19.4 Å². The van der Waals surface area contributed by atoms with E-state index in [1.807, 2.05) is 13.8 Å². The molecule has 0 aliphatic carbocycles. The Hall–Kier alpha value is -2.06. The topological polar surface area (TPSA) is 71.9 Å². The summed E-state index contributed by atoms with van der Waals surface area (Å²) in [5.41, 5.74) is 1.15. The molecule has 0 saturated heterocycles. The van der Waals surface area contributed by atoms with Crippen molar-refractivity contribution in [2.45, 2.75) is 20.0 Å². The quantitative estimate of drug-likeness (QED) is 0.853. The van der Waals surface area contributed by atoms with E-state index >= 15 is 0 Å². The molecule has 18 heavy (non-hydrogen) atoms. The Labute approximate surface area is 111 Å². The van der Waals surface area contributed by atoms with E-state index in [1.165, 1.54) is 6.20 Å². The first-order valence-electron chi connectivity index (χ1n) is 5.20. The molecule has 0 radical (unpaired) electrons. The van der Waals surface area contributed by atoms with Crippen LogP contribution in [0.2, 0.25) is 0 Å². The molecule has 0 fully saturated rings. The Kier molecular flexibility index (Phi) is 4.69. The highest BCUT2D eigenvalue weighted by molar-refractivity contribution is 5.85. The second-order valence-electron chi connectivity index (χ2n) is 3.74. The monoisotopic (exact) mass is 265 g/mol. The second-order valence-corrected chi connectivity index (χ2v) is 3.74. The van der Waals surface area contributed by atoms with Gasteiger partial charge in [0.1, 0.15) is 11.8 Å². The molecule has 5 nitrogen and oxygen atoms in total. The van der Waals surface area contributed by atoms with Crippen molar-refractivity contribution in [2.24, 2.45) is 0 Å². The zero-order chi connectivity index (χ0) is 12.3. The van der Waals surface area contributed by atoms with Crippen molar-refractivity contribution < 1.29 is 9.26 Å². The third-order valence-corrected chi connectivity index (χ3v) is 2.12. The Morgan fingerprint density at radius 1 is 1.39 bits per heavy atom. The zero-order valence-electron chi connectivity index (χ0n) is 9.95. The molecule has 0 N–H and O–H groups in total. The smallest absolute Gasteiger partial charge is 0.191 e. The van der Waals surface area contributed by atoms with E-state index in [0.717, 1.165) is 0 Å². The fraction of sp³-hybridized carbons (Fsp3) is 0.250. The van der Waals surface area contributed by atoms with E-state index < -0.39 is 0 Å². The highest BCUT2D eigenvalue weighted by Gasteiger charge is 2.15. The molecule has 1 heterocycles. The normalized spacial score (nSPS) is 9.67. The molecule has 0 spiro atoms.